The number of nitrogens with one attached hydrogen (secondary N) is 1. The minimum absolute atomic E-state index is 0.778. The van der Waals surface area contributed by atoms with Crippen molar-refractivity contribution in [3.8, 4) is 0 Å². The van der Waals surface area contributed by atoms with Crippen LogP contribution in [0.15, 0.2) is 0 Å². The summed E-state index contributed by atoms with van der Waals surface area (Å²) in [5, 5.41) is 3.50. The van der Waals surface area contributed by atoms with Crippen LogP contribution in [0.4, 0.5) is 0 Å². The molecule has 2 nitrogen and oxygen atoms in total. The van der Waals surface area contributed by atoms with Gasteiger partial charge in [0.05, 0.1) is 6.61 Å². The Morgan fingerprint density at radius 1 is 1.33 bits per heavy atom. The van der Waals surface area contributed by atoms with Crippen LogP contribution in [0.1, 0.15) is 32.6 Å². The fourth-order valence-corrected chi connectivity index (χ4v) is 2.42. The van der Waals surface area contributed by atoms with Gasteiger partial charge in [0.25, 0.3) is 0 Å². The van der Waals surface area contributed by atoms with E-state index in [-0.39, 0.29) is 0 Å². The van der Waals surface area contributed by atoms with Crippen molar-refractivity contribution in [3.63, 3.8) is 0 Å². The van der Waals surface area contributed by atoms with Crippen LogP contribution in [0.5, 0.6) is 0 Å². The van der Waals surface area contributed by atoms with E-state index in [1.54, 1.807) is 0 Å². The number of rotatable bonds is 4. The van der Waals surface area contributed by atoms with E-state index in [9.17, 15) is 0 Å². The Bertz CT molecular complexity index is 99.1. The molecule has 1 aliphatic rings. The van der Waals surface area contributed by atoms with Crippen molar-refractivity contribution >= 4 is 23.0 Å². The summed E-state index contributed by atoms with van der Waals surface area (Å²) >= 11 is 2.00. The van der Waals surface area contributed by atoms with E-state index in [2.05, 4.69) is 12.2 Å². The smallest absolute Gasteiger partial charge is 0.109 e. The first-order chi connectivity index (χ1) is 5.86. The molecule has 0 saturated heterocycles. The van der Waals surface area contributed by atoms with Gasteiger partial charge in [0, 0.05) is 6.04 Å². The average molecular weight is 283 g/mol. The Balaban J connectivity index is 2.11. The molecule has 0 heterocycles. The first-order valence-corrected chi connectivity index (χ1v) is 5.71. The van der Waals surface area contributed by atoms with Crippen LogP contribution in [0, 0.1) is 5.92 Å². The van der Waals surface area contributed by atoms with E-state index in [4.69, 9.17) is 3.07 Å². The SMILES string of the molecule is CCNC1CCC(COI)CC1. The lowest BCUT2D eigenvalue weighted by atomic mass is 9.86. The van der Waals surface area contributed by atoms with Crippen LogP contribution in [0.25, 0.3) is 0 Å². The molecule has 1 rings (SSSR count). The molecule has 0 amide bonds. The predicted molar refractivity (Wildman–Crippen MR) is 59.4 cm³/mol. The minimum atomic E-state index is 0.778. The molecule has 0 unspecified atom stereocenters. The summed E-state index contributed by atoms with van der Waals surface area (Å²) in [7, 11) is 0. The van der Waals surface area contributed by atoms with Crippen LogP contribution < -0.4 is 5.32 Å². The maximum Gasteiger partial charge on any atom is 0.109 e. The lowest BCUT2D eigenvalue weighted by Gasteiger charge is -2.28. The van der Waals surface area contributed by atoms with E-state index >= 15 is 0 Å². The van der Waals surface area contributed by atoms with E-state index in [0.29, 0.717) is 0 Å². The molecule has 1 aliphatic carbocycles. The van der Waals surface area contributed by atoms with Gasteiger partial charge in [-0.05, 0) is 38.1 Å². The van der Waals surface area contributed by atoms with Crippen molar-refractivity contribution in [1.82, 2.24) is 5.32 Å². The van der Waals surface area contributed by atoms with Gasteiger partial charge < -0.3 is 8.38 Å². The van der Waals surface area contributed by atoms with Gasteiger partial charge in [0.15, 0.2) is 0 Å². The van der Waals surface area contributed by atoms with Gasteiger partial charge in [0.1, 0.15) is 23.0 Å². The molecule has 0 aromatic heterocycles. The quantitative estimate of drug-likeness (QED) is 0.800. The second kappa shape index (κ2) is 6.16. The van der Waals surface area contributed by atoms with E-state index in [0.717, 1.165) is 25.1 Å². The van der Waals surface area contributed by atoms with Crippen molar-refractivity contribution < 1.29 is 3.07 Å². The Kier molecular flexibility index (Phi) is 5.50. The first-order valence-electron chi connectivity index (χ1n) is 4.83. The molecule has 0 aromatic rings. The highest BCUT2D eigenvalue weighted by molar-refractivity contribution is 14.1. The zero-order valence-corrected chi connectivity index (χ0v) is 9.84. The molecule has 0 aliphatic heterocycles. The molecule has 1 fully saturated rings. The number of hydrogen-bond acceptors (Lipinski definition) is 2. The van der Waals surface area contributed by atoms with Crippen LogP contribution >= 0.6 is 23.0 Å². The highest BCUT2D eigenvalue weighted by Gasteiger charge is 2.19. The van der Waals surface area contributed by atoms with Crippen molar-refractivity contribution in [2.45, 2.75) is 38.6 Å². The fourth-order valence-electron chi connectivity index (χ4n) is 1.91. The third-order valence-electron chi connectivity index (χ3n) is 2.64. The van der Waals surface area contributed by atoms with Crippen LogP contribution in [0.3, 0.4) is 0 Å². The van der Waals surface area contributed by atoms with Crippen LogP contribution in [-0.2, 0) is 3.07 Å². The highest BCUT2D eigenvalue weighted by Crippen LogP contribution is 2.24. The van der Waals surface area contributed by atoms with Crippen LogP contribution in [-0.4, -0.2) is 19.2 Å². The second-order valence-corrected chi connectivity index (χ2v) is 4.17. The summed E-state index contributed by atoms with van der Waals surface area (Å²) in [5.74, 6) is 0.816. The standard InChI is InChI=1S/C9H18INO/c1-2-11-9-5-3-8(4-6-9)7-12-10/h8-9,11H,2-7H2,1H3. The lowest BCUT2D eigenvalue weighted by molar-refractivity contribution is 0.229. The second-order valence-electron chi connectivity index (χ2n) is 3.55. The van der Waals surface area contributed by atoms with Gasteiger partial charge in [-0.2, -0.15) is 0 Å². The Hall–Kier alpha value is 0.650. The zero-order valence-electron chi connectivity index (χ0n) is 7.68. The van der Waals surface area contributed by atoms with Crippen molar-refractivity contribution in [3.05, 3.63) is 0 Å². The van der Waals surface area contributed by atoms with E-state index in [1.807, 2.05) is 23.0 Å². The van der Waals surface area contributed by atoms with Crippen molar-refractivity contribution in [1.29, 1.82) is 0 Å². The molecular formula is C9H18INO. The Labute approximate surface area is 89.1 Å². The molecule has 0 spiro atoms. The maximum atomic E-state index is 5.13. The third-order valence-corrected chi connectivity index (χ3v) is 3.00. The monoisotopic (exact) mass is 283 g/mol. The predicted octanol–water partition coefficient (Wildman–Crippen LogP) is 2.52. The molecule has 1 saturated carbocycles. The topological polar surface area (TPSA) is 21.3 Å². The Morgan fingerprint density at radius 3 is 2.50 bits per heavy atom. The molecular weight excluding hydrogens is 265 g/mol. The maximum absolute atomic E-state index is 5.13. The van der Waals surface area contributed by atoms with Crippen LogP contribution in [0.2, 0.25) is 0 Å². The molecule has 1 N–H and O–H groups in total. The van der Waals surface area contributed by atoms with E-state index in [1.165, 1.54) is 25.7 Å². The van der Waals surface area contributed by atoms with Crippen molar-refractivity contribution in [2.75, 3.05) is 13.2 Å². The summed E-state index contributed by atoms with van der Waals surface area (Å²) < 4.78 is 5.13. The first kappa shape index (κ1) is 10.7. The van der Waals surface area contributed by atoms with Gasteiger partial charge in [-0.25, -0.2) is 0 Å². The summed E-state index contributed by atoms with van der Waals surface area (Å²) in [5.41, 5.74) is 0. The summed E-state index contributed by atoms with van der Waals surface area (Å²) in [6.07, 6.45) is 5.33. The molecule has 0 radical (unpaired) electrons. The van der Waals surface area contributed by atoms with Crippen molar-refractivity contribution in [2.24, 2.45) is 5.92 Å². The van der Waals surface area contributed by atoms with Gasteiger partial charge in [0.2, 0.25) is 0 Å². The fraction of sp³-hybridized carbons (Fsp3) is 1.00. The van der Waals surface area contributed by atoms with Gasteiger partial charge in [-0.3, -0.25) is 0 Å². The van der Waals surface area contributed by atoms with E-state index < -0.39 is 0 Å². The zero-order chi connectivity index (χ0) is 8.81. The van der Waals surface area contributed by atoms with Gasteiger partial charge in [-0.1, -0.05) is 6.92 Å². The molecule has 72 valence electrons. The minimum Gasteiger partial charge on any atom is -0.316 e. The highest BCUT2D eigenvalue weighted by atomic mass is 127. The molecule has 0 atom stereocenters. The summed E-state index contributed by atoms with van der Waals surface area (Å²) in [6, 6.07) is 0.778. The van der Waals surface area contributed by atoms with Gasteiger partial charge >= 0.3 is 0 Å². The molecule has 0 bridgehead atoms. The molecule has 12 heavy (non-hydrogen) atoms. The number of halogens is 1. The van der Waals surface area contributed by atoms with Gasteiger partial charge in [-0.15, -0.1) is 0 Å². The third kappa shape index (κ3) is 3.58. The average Bonchev–Trinajstić information content (AvgIpc) is 2.09. The lowest BCUT2D eigenvalue weighted by Crippen LogP contribution is -2.33. The number of hydrogen-bond donors (Lipinski definition) is 1. The normalized spacial score (nSPS) is 30.5. The Morgan fingerprint density at radius 2 is 2.00 bits per heavy atom. The molecule has 3 heteroatoms. The summed E-state index contributed by atoms with van der Waals surface area (Å²) in [6.45, 7) is 4.23. The summed E-state index contributed by atoms with van der Waals surface area (Å²) in [4.78, 5) is 0. The molecule has 0 aromatic carbocycles. The largest absolute Gasteiger partial charge is 0.316 e.